The number of anilines is 1. The standard InChI is InChI=1S/C20H34N3O5P/c1-8-26-29(25,27-9-2)16-10-11-17(21-14-16)22-12-13-23(20(6,7)15-22)18(24)28-19(3,4)5/h10-11,14H,8-9,12-13,15H2,1-7H3. The molecule has 0 spiro atoms. The molecule has 0 bridgehead atoms. The van der Waals surface area contributed by atoms with Crippen molar-refractivity contribution in [1.82, 2.24) is 9.88 Å². The minimum absolute atomic E-state index is 0.292. The Morgan fingerprint density at radius 2 is 1.79 bits per heavy atom. The molecular formula is C20H34N3O5P. The molecule has 0 atom stereocenters. The molecule has 2 heterocycles. The van der Waals surface area contributed by atoms with Crippen LogP contribution in [0.5, 0.6) is 0 Å². The van der Waals surface area contributed by atoms with Crippen LogP contribution in [0.4, 0.5) is 10.6 Å². The monoisotopic (exact) mass is 427 g/mol. The van der Waals surface area contributed by atoms with Crippen molar-refractivity contribution in [3.8, 4) is 0 Å². The van der Waals surface area contributed by atoms with Gasteiger partial charge in [-0.25, -0.2) is 9.78 Å². The highest BCUT2D eigenvalue weighted by Gasteiger charge is 2.39. The number of hydrogen-bond acceptors (Lipinski definition) is 7. The lowest BCUT2D eigenvalue weighted by Crippen LogP contribution is -2.62. The maximum absolute atomic E-state index is 12.9. The molecule has 0 aliphatic carbocycles. The summed E-state index contributed by atoms with van der Waals surface area (Å²) in [6.45, 7) is 15.5. The van der Waals surface area contributed by atoms with Crippen LogP contribution in [0.1, 0.15) is 48.5 Å². The molecule has 164 valence electrons. The summed E-state index contributed by atoms with van der Waals surface area (Å²) in [5.74, 6) is 0.755. The van der Waals surface area contributed by atoms with Crippen molar-refractivity contribution in [2.24, 2.45) is 0 Å². The van der Waals surface area contributed by atoms with Gasteiger partial charge in [0.05, 0.1) is 24.1 Å². The van der Waals surface area contributed by atoms with E-state index in [-0.39, 0.29) is 6.09 Å². The highest BCUT2D eigenvalue weighted by atomic mass is 31.2. The summed E-state index contributed by atoms with van der Waals surface area (Å²) < 4.78 is 29.2. The van der Waals surface area contributed by atoms with E-state index in [0.717, 1.165) is 5.82 Å². The number of aromatic nitrogens is 1. The summed E-state index contributed by atoms with van der Waals surface area (Å²) in [4.78, 5) is 20.9. The van der Waals surface area contributed by atoms with E-state index in [1.54, 1.807) is 31.0 Å². The van der Waals surface area contributed by atoms with E-state index < -0.39 is 18.7 Å². The molecule has 1 aliphatic heterocycles. The van der Waals surface area contributed by atoms with Crippen LogP contribution in [0.15, 0.2) is 18.3 Å². The van der Waals surface area contributed by atoms with Gasteiger partial charge in [0, 0.05) is 25.8 Å². The maximum Gasteiger partial charge on any atom is 0.410 e. The van der Waals surface area contributed by atoms with Gasteiger partial charge in [0.1, 0.15) is 11.4 Å². The molecule has 0 unspecified atom stereocenters. The minimum atomic E-state index is -3.35. The molecule has 8 nitrogen and oxygen atoms in total. The fourth-order valence-electron chi connectivity index (χ4n) is 3.26. The largest absolute Gasteiger partial charge is 0.444 e. The van der Waals surface area contributed by atoms with Crippen molar-refractivity contribution < 1.29 is 23.1 Å². The first-order valence-electron chi connectivity index (χ1n) is 10.0. The molecular weight excluding hydrogens is 393 g/mol. The molecule has 1 aromatic heterocycles. The van der Waals surface area contributed by atoms with Crippen molar-refractivity contribution >= 4 is 24.8 Å². The Morgan fingerprint density at radius 1 is 1.17 bits per heavy atom. The predicted molar refractivity (Wildman–Crippen MR) is 114 cm³/mol. The second kappa shape index (κ2) is 9.02. The number of hydrogen-bond donors (Lipinski definition) is 0. The first kappa shape index (κ1) is 23.6. The van der Waals surface area contributed by atoms with E-state index in [1.165, 1.54) is 0 Å². The smallest absolute Gasteiger partial charge is 0.410 e. The third kappa shape index (κ3) is 5.93. The van der Waals surface area contributed by atoms with Gasteiger partial charge < -0.3 is 18.7 Å². The molecule has 1 fully saturated rings. The van der Waals surface area contributed by atoms with E-state index in [1.807, 2.05) is 40.7 Å². The summed E-state index contributed by atoms with van der Waals surface area (Å²) in [7, 11) is -3.35. The van der Waals surface area contributed by atoms with Crippen molar-refractivity contribution in [1.29, 1.82) is 0 Å². The molecule has 1 saturated heterocycles. The number of ether oxygens (including phenoxy) is 1. The van der Waals surface area contributed by atoms with Crippen LogP contribution in [-0.2, 0) is 18.3 Å². The Hall–Kier alpha value is -1.63. The van der Waals surface area contributed by atoms with Gasteiger partial charge in [-0.1, -0.05) is 0 Å². The quantitative estimate of drug-likeness (QED) is 0.639. The number of piperazine rings is 1. The van der Waals surface area contributed by atoms with Gasteiger partial charge in [-0.15, -0.1) is 0 Å². The molecule has 9 heteroatoms. The second-order valence-corrected chi connectivity index (χ2v) is 10.6. The highest BCUT2D eigenvalue weighted by Crippen LogP contribution is 2.46. The molecule has 0 radical (unpaired) electrons. The normalized spacial score (nSPS) is 17.3. The zero-order valence-corrected chi connectivity index (χ0v) is 19.5. The Balaban J connectivity index is 2.13. The summed E-state index contributed by atoms with van der Waals surface area (Å²) in [5, 5.41) is 0.441. The Labute approximate surface area is 174 Å². The lowest BCUT2D eigenvalue weighted by Gasteiger charge is -2.47. The Kier molecular flexibility index (Phi) is 7.36. The molecule has 1 amide bonds. The zero-order chi connectivity index (χ0) is 21.9. The van der Waals surface area contributed by atoms with E-state index in [0.29, 0.717) is 38.2 Å². The van der Waals surface area contributed by atoms with Gasteiger partial charge in [-0.05, 0) is 60.6 Å². The van der Waals surface area contributed by atoms with Crippen LogP contribution in [0.3, 0.4) is 0 Å². The van der Waals surface area contributed by atoms with Gasteiger partial charge >= 0.3 is 13.7 Å². The van der Waals surface area contributed by atoms with Crippen LogP contribution in [-0.4, -0.2) is 60.0 Å². The number of carbonyl (C=O) groups is 1. The van der Waals surface area contributed by atoms with E-state index in [4.69, 9.17) is 13.8 Å². The lowest BCUT2D eigenvalue weighted by molar-refractivity contribution is 0.000306. The molecule has 0 aromatic carbocycles. The van der Waals surface area contributed by atoms with Crippen molar-refractivity contribution in [3.05, 3.63) is 18.3 Å². The predicted octanol–water partition coefficient (Wildman–Crippen LogP) is 3.81. The average molecular weight is 427 g/mol. The van der Waals surface area contributed by atoms with Crippen LogP contribution >= 0.6 is 7.60 Å². The summed E-state index contributed by atoms with van der Waals surface area (Å²) in [6.07, 6.45) is 1.24. The Bertz CT molecular complexity index is 735. The van der Waals surface area contributed by atoms with Gasteiger partial charge in [-0.2, -0.15) is 0 Å². The van der Waals surface area contributed by atoms with Crippen molar-refractivity contribution in [3.63, 3.8) is 0 Å². The molecule has 0 saturated carbocycles. The van der Waals surface area contributed by atoms with Crippen LogP contribution in [0, 0.1) is 0 Å². The first-order chi connectivity index (χ1) is 13.4. The van der Waals surface area contributed by atoms with Crippen LogP contribution in [0.2, 0.25) is 0 Å². The SMILES string of the molecule is CCOP(=O)(OCC)c1ccc(N2CCN(C(=O)OC(C)(C)C)C(C)(C)C2)nc1. The number of rotatable bonds is 6. The topological polar surface area (TPSA) is 81.2 Å². The first-order valence-corrected chi connectivity index (χ1v) is 11.6. The average Bonchev–Trinajstić information content (AvgIpc) is 2.59. The number of amides is 1. The molecule has 1 aromatic rings. The zero-order valence-electron chi connectivity index (χ0n) is 18.6. The number of pyridine rings is 1. The van der Waals surface area contributed by atoms with E-state index >= 15 is 0 Å². The number of nitrogens with zero attached hydrogens (tertiary/aromatic N) is 3. The highest BCUT2D eigenvalue weighted by molar-refractivity contribution is 7.62. The van der Waals surface area contributed by atoms with Crippen LogP contribution < -0.4 is 10.2 Å². The van der Waals surface area contributed by atoms with Crippen molar-refractivity contribution in [2.75, 3.05) is 37.7 Å². The van der Waals surface area contributed by atoms with Crippen molar-refractivity contribution in [2.45, 2.75) is 59.6 Å². The molecule has 0 N–H and O–H groups in total. The maximum atomic E-state index is 12.9. The summed E-state index contributed by atoms with van der Waals surface area (Å²) >= 11 is 0. The van der Waals surface area contributed by atoms with Gasteiger partial charge in [0.25, 0.3) is 0 Å². The molecule has 1 aliphatic rings. The molecule has 29 heavy (non-hydrogen) atoms. The Morgan fingerprint density at radius 3 is 2.24 bits per heavy atom. The second-order valence-electron chi connectivity index (χ2n) is 8.57. The fraction of sp³-hybridized carbons (Fsp3) is 0.700. The molecule has 2 rings (SSSR count). The van der Waals surface area contributed by atoms with Gasteiger partial charge in [0.15, 0.2) is 0 Å². The summed E-state index contributed by atoms with van der Waals surface area (Å²) in [6, 6.07) is 3.56. The van der Waals surface area contributed by atoms with Crippen LogP contribution in [0.25, 0.3) is 0 Å². The fourth-order valence-corrected chi connectivity index (χ4v) is 4.77. The van der Waals surface area contributed by atoms with E-state index in [9.17, 15) is 9.36 Å². The summed E-state index contributed by atoms with van der Waals surface area (Å²) in [5.41, 5.74) is -0.955. The van der Waals surface area contributed by atoms with E-state index in [2.05, 4.69) is 9.88 Å². The van der Waals surface area contributed by atoms with Gasteiger partial charge in [0.2, 0.25) is 0 Å². The third-order valence-corrected chi connectivity index (χ3v) is 6.58. The number of carbonyl (C=O) groups excluding carboxylic acids is 1. The third-order valence-electron chi connectivity index (χ3n) is 4.49. The lowest BCUT2D eigenvalue weighted by atomic mass is 9.99. The van der Waals surface area contributed by atoms with Gasteiger partial charge in [-0.3, -0.25) is 9.46 Å². The minimum Gasteiger partial charge on any atom is -0.444 e.